The van der Waals surface area contributed by atoms with Crippen molar-refractivity contribution in [3.8, 4) is 5.75 Å². The van der Waals surface area contributed by atoms with Crippen LogP contribution in [0.3, 0.4) is 0 Å². The Hall–Kier alpha value is -3.16. The van der Waals surface area contributed by atoms with Crippen molar-refractivity contribution in [3.63, 3.8) is 0 Å². The summed E-state index contributed by atoms with van der Waals surface area (Å²) in [6.45, 7) is 5.15. The van der Waals surface area contributed by atoms with Gasteiger partial charge >= 0.3 is 5.97 Å². The number of hydrogen-bond acceptors (Lipinski definition) is 6. The first-order valence-corrected chi connectivity index (χ1v) is 9.84. The van der Waals surface area contributed by atoms with E-state index in [0.29, 0.717) is 5.75 Å². The van der Waals surface area contributed by atoms with Crippen LogP contribution in [0.15, 0.2) is 66.7 Å². The quantitative estimate of drug-likeness (QED) is 0.517. The number of hydrogen-bond donors (Lipinski definition) is 1. The minimum absolute atomic E-state index is 0.0573. The molecule has 1 aliphatic heterocycles. The zero-order valence-corrected chi connectivity index (χ0v) is 18.0. The van der Waals surface area contributed by atoms with Gasteiger partial charge in [0, 0.05) is 12.1 Å². The molecule has 2 atom stereocenters. The van der Waals surface area contributed by atoms with Gasteiger partial charge in [-0.15, -0.1) is 0 Å². The maximum Gasteiger partial charge on any atom is 0.337 e. The van der Waals surface area contributed by atoms with E-state index in [-0.39, 0.29) is 25.3 Å². The number of esters is 1. The fourth-order valence-corrected chi connectivity index (χ4v) is 3.82. The number of carbonyl (C=O) groups excluding carboxylic acids is 2. The molecule has 164 valence electrons. The summed E-state index contributed by atoms with van der Waals surface area (Å²) in [7, 11) is 2.78. The second kappa shape index (κ2) is 8.91. The van der Waals surface area contributed by atoms with Gasteiger partial charge in [-0.25, -0.2) is 4.79 Å². The SMILES string of the molecule is C=C1C(=O)N(Cc2ccc(OC)cc2)[C@](COCc2ccccc2)(C(=O)OC)[C@@]1(C)O. The molecule has 1 aliphatic rings. The number of ether oxygens (including phenoxy) is 3. The number of methoxy groups -OCH3 is 2. The van der Waals surface area contributed by atoms with E-state index in [0.717, 1.165) is 11.1 Å². The standard InChI is InChI=1S/C24H27NO6/c1-17-21(26)25(14-18-10-12-20(29-3)13-11-18)24(22(27)30-4,23(17,2)28)16-31-15-19-8-6-5-7-9-19/h5-13,28H,1,14-16H2,2-4H3/t23-,24+/m0/s1. The van der Waals surface area contributed by atoms with Gasteiger partial charge in [-0.05, 0) is 30.2 Å². The lowest BCUT2D eigenvalue weighted by molar-refractivity contribution is -0.176. The van der Waals surface area contributed by atoms with Gasteiger partial charge in [0.05, 0.1) is 27.4 Å². The Morgan fingerprint density at radius 2 is 1.71 bits per heavy atom. The summed E-state index contributed by atoms with van der Waals surface area (Å²) in [4.78, 5) is 27.5. The van der Waals surface area contributed by atoms with Crippen molar-refractivity contribution in [1.29, 1.82) is 0 Å². The van der Waals surface area contributed by atoms with Gasteiger partial charge in [0.1, 0.15) is 11.4 Å². The van der Waals surface area contributed by atoms with Crippen LogP contribution in [0.25, 0.3) is 0 Å². The molecule has 1 N–H and O–H groups in total. The molecule has 0 unspecified atom stereocenters. The summed E-state index contributed by atoms with van der Waals surface area (Å²) >= 11 is 0. The zero-order valence-electron chi connectivity index (χ0n) is 18.0. The number of nitrogens with zero attached hydrogens (tertiary/aromatic N) is 1. The molecule has 0 aliphatic carbocycles. The maximum absolute atomic E-state index is 13.1. The Kier molecular flexibility index (Phi) is 6.48. The van der Waals surface area contributed by atoms with E-state index >= 15 is 0 Å². The number of aliphatic hydroxyl groups is 1. The van der Waals surface area contributed by atoms with Crippen LogP contribution in [-0.4, -0.2) is 53.8 Å². The molecule has 0 saturated carbocycles. The Balaban J connectivity index is 1.96. The lowest BCUT2D eigenvalue weighted by atomic mass is 9.80. The molecule has 2 aromatic rings. The first-order chi connectivity index (χ1) is 14.8. The minimum Gasteiger partial charge on any atom is -0.497 e. The van der Waals surface area contributed by atoms with Crippen LogP contribution in [0, 0.1) is 0 Å². The second-order valence-corrected chi connectivity index (χ2v) is 7.62. The van der Waals surface area contributed by atoms with Crippen molar-refractivity contribution in [3.05, 3.63) is 77.9 Å². The van der Waals surface area contributed by atoms with E-state index < -0.39 is 23.0 Å². The van der Waals surface area contributed by atoms with E-state index in [4.69, 9.17) is 14.2 Å². The molecular weight excluding hydrogens is 398 g/mol. The van der Waals surface area contributed by atoms with Crippen molar-refractivity contribution in [2.45, 2.75) is 31.2 Å². The summed E-state index contributed by atoms with van der Waals surface area (Å²) in [5.41, 5.74) is -2.12. The highest BCUT2D eigenvalue weighted by atomic mass is 16.5. The van der Waals surface area contributed by atoms with Gasteiger partial charge in [0.2, 0.25) is 0 Å². The first kappa shape index (κ1) is 22.5. The molecule has 1 amide bonds. The van der Waals surface area contributed by atoms with Crippen molar-refractivity contribution >= 4 is 11.9 Å². The van der Waals surface area contributed by atoms with E-state index in [2.05, 4.69) is 6.58 Å². The molecule has 0 aromatic heterocycles. The monoisotopic (exact) mass is 425 g/mol. The molecule has 1 heterocycles. The molecular formula is C24H27NO6. The van der Waals surface area contributed by atoms with Crippen molar-refractivity contribution in [2.75, 3.05) is 20.8 Å². The molecule has 0 spiro atoms. The van der Waals surface area contributed by atoms with Crippen LogP contribution in [0.5, 0.6) is 5.75 Å². The molecule has 7 nitrogen and oxygen atoms in total. The van der Waals surface area contributed by atoms with Gasteiger partial charge in [0.25, 0.3) is 5.91 Å². The Labute approximate surface area is 181 Å². The fraction of sp³-hybridized carbons (Fsp3) is 0.333. The number of amides is 1. The summed E-state index contributed by atoms with van der Waals surface area (Å²) < 4.78 is 16.1. The highest BCUT2D eigenvalue weighted by Gasteiger charge is 2.67. The Bertz CT molecular complexity index is 954. The summed E-state index contributed by atoms with van der Waals surface area (Å²) in [6, 6.07) is 16.5. The smallest absolute Gasteiger partial charge is 0.337 e. The highest BCUT2D eigenvalue weighted by Crippen LogP contribution is 2.44. The molecule has 31 heavy (non-hydrogen) atoms. The number of benzene rings is 2. The van der Waals surface area contributed by atoms with Crippen molar-refractivity contribution < 1.29 is 28.9 Å². The van der Waals surface area contributed by atoms with E-state index in [1.54, 1.807) is 31.4 Å². The molecule has 1 fully saturated rings. The molecule has 0 radical (unpaired) electrons. The van der Waals surface area contributed by atoms with Crippen molar-refractivity contribution in [1.82, 2.24) is 4.90 Å². The van der Waals surface area contributed by atoms with Crippen LogP contribution < -0.4 is 4.74 Å². The lowest BCUT2D eigenvalue weighted by Gasteiger charge is -2.41. The third-order valence-electron chi connectivity index (χ3n) is 5.80. The van der Waals surface area contributed by atoms with Gasteiger partial charge in [-0.3, -0.25) is 4.79 Å². The van der Waals surface area contributed by atoms with E-state index in [9.17, 15) is 14.7 Å². The maximum atomic E-state index is 13.1. The van der Waals surface area contributed by atoms with E-state index in [1.165, 1.54) is 18.9 Å². The third-order valence-corrected chi connectivity index (χ3v) is 5.80. The average Bonchev–Trinajstić information content (AvgIpc) is 2.93. The van der Waals surface area contributed by atoms with Crippen LogP contribution in [0.2, 0.25) is 0 Å². The number of rotatable bonds is 8. The number of carbonyl (C=O) groups is 2. The predicted molar refractivity (Wildman–Crippen MR) is 114 cm³/mol. The Morgan fingerprint density at radius 1 is 1.06 bits per heavy atom. The predicted octanol–water partition coefficient (Wildman–Crippen LogP) is 2.47. The van der Waals surface area contributed by atoms with Gasteiger partial charge < -0.3 is 24.2 Å². The normalized spacial score (nSPS) is 23.2. The molecule has 0 bridgehead atoms. The lowest BCUT2D eigenvalue weighted by Crippen LogP contribution is -2.65. The number of likely N-dealkylation sites (tertiary alicyclic amines) is 1. The van der Waals surface area contributed by atoms with Gasteiger partial charge in [-0.1, -0.05) is 49.0 Å². The van der Waals surface area contributed by atoms with Gasteiger partial charge in [0.15, 0.2) is 5.54 Å². The molecule has 7 heteroatoms. The minimum atomic E-state index is -1.89. The zero-order chi connectivity index (χ0) is 22.6. The topological polar surface area (TPSA) is 85.3 Å². The molecule has 3 rings (SSSR count). The van der Waals surface area contributed by atoms with Crippen LogP contribution in [0.1, 0.15) is 18.1 Å². The van der Waals surface area contributed by atoms with E-state index in [1.807, 2.05) is 30.3 Å². The average molecular weight is 425 g/mol. The van der Waals surface area contributed by atoms with Gasteiger partial charge in [-0.2, -0.15) is 0 Å². The second-order valence-electron chi connectivity index (χ2n) is 7.62. The van der Waals surface area contributed by atoms with Crippen LogP contribution in [-0.2, 0) is 32.2 Å². The molecule has 1 saturated heterocycles. The summed E-state index contributed by atoms with van der Waals surface area (Å²) in [6.07, 6.45) is 0. The van der Waals surface area contributed by atoms with Crippen molar-refractivity contribution in [2.24, 2.45) is 0 Å². The third kappa shape index (κ3) is 3.94. The van der Waals surface area contributed by atoms with Crippen LogP contribution in [0.4, 0.5) is 0 Å². The summed E-state index contributed by atoms with van der Waals surface area (Å²) in [5.74, 6) is -0.640. The molecule has 2 aromatic carbocycles. The first-order valence-electron chi connectivity index (χ1n) is 9.84. The largest absolute Gasteiger partial charge is 0.497 e. The fourth-order valence-electron chi connectivity index (χ4n) is 3.82. The highest BCUT2D eigenvalue weighted by molar-refractivity contribution is 6.05. The van der Waals surface area contributed by atoms with Crippen LogP contribution >= 0.6 is 0 Å². The summed E-state index contributed by atoms with van der Waals surface area (Å²) in [5, 5.41) is 11.3. The Morgan fingerprint density at radius 3 is 2.29 bits per heavy atom.